The fourth-order valence-electron chi connectivity index (χ4n) is 8.48. The van der Waals surface area contributed by atoms with E-state index >= 15 is 0 Å². The summed E-state index contributed by atoms with van der Waals surface area (Å²) >= 11 is 0. The lowest BCUT2D eigenvalue weighted by Crippen LogP contribution is -2.48. The zero-order valence-electron chi connectivity index (χ0n) is 38.7. The Morgan fingerprint density at radius 1 is 0.700 bits per heavy atom. The lowest BCUT2D eigenvalue weighted by atomic mass is 9.76. The van der Waals surface area contributed by atoms with Crippen LogP contribution in [0.4, 0.5) is 5.95 Å². The second-order valence-electron chi connectivity index (χ2n) is 16.6. The summed E-state index contributed by atoms with van der Waals surface area (Å²) in [6, 6.07) is 47.1. The molecule has 0 saturated carbocycles. The summed E-state index contributed by atoms with van der Waals surface area (Å²) in [5.74, 6) is -0.709. The second kappa shape index (κ2) is 21.9. The number of hydrogen-bond donors (Lipinski definition) is 4. The van der Waals surface area contributed by atoms with E-state index in [-0.39, 0.29) is 9.79 Å². The maximum atomic E-state index is 13.5. The second-order valence-corrected chi connectivity index (χ2v) is 20.0. The summed E-state index contributed by atoms with van der Waals surface area (Å²) in [7, 11) is -6.79. The molecule has 6 aromatic carbocycles. The summed E-state index contributed by atoms with van der Waals surface area (Å²) < 4.78 is 66.0. The monoisotopic (exact) mass is 978 g/mol. The molecule has 17 heteroatoms. The molecule has 0 radical (unpaired) electrons. The first-order valence-corrected chi connectivity index (χ1v) is 25.9. The number of methoxy groups -OCH3 is 1. The Morgan fingerprint density at radius 3 is 1.83 bits per heavy atom. The Kier molecular flexibility index (Phi) is 15.3. The van der Waals surface area contributed by atoms with Crippen molar-refractivity contribution in [2.75, 3.05) is 32.1 Å². The molecule has 0 fully saturated rings. The van der Waals surface area contributed by atoms with E-state index in [0.717, 1.165) is 47.5 Å². The quantitative estimate of drug-likeness (QED) is 0.0299. The Morgan fingerprint density at radius 2 is 1.27 bits per heavy atom. The van der Waals surface area contributed by atoms with E-state index in [2.05, 4.69) is 103 Å². The molecule has 0 spiro atoms. The number of aromatic nitrogens is 4. The van der Waals surface area contributed by atoms with Crippen molar-refractivity contribution in [3.63, 3.8) is 0 Å². The smallest absolute Gasteiger partial charge is 0.325 e. The highest BCUT2D eigenvalue weighted by atomic mass is 32.2. The fraction of sp³-hybridized carbons (Fsp3) is 0.208. The van der Waals surface area contributed by atoms with Gasteiger partial charge in [-0.1, -0.05) is 129 Å². The number of aryl methyl sites for hydroxylation is 1. The van der Waals surface area contributed by atoms with Crippen LogP contribution < -0.4 is 20.1 Å². The topological polar surface area (TPSA) is 195 Å². The zero-order valence-corrected chi connectivity index (χ0v) is 40.4. The fourth-order valence-corrected chi connectivity index (χ4v) is 10.7. The van der Waals surface area contributed by atoms with Gasteiger partial charge >= 0.3 is 5.97 Å². The third kappa shape index (κ3) is 10.7. The van der Waals surface area contributed by atoms with Gasteiger partial charge in [-0.15, -0.1) is 0 Å². The summed E-state index contributed by atoms with van der Waals surface area (Å²) in [6.07, 6.45) is 7.79. The van der Waals surface area contributed by atoms with Crippen LogP contribution in [0.25, 0.3) is 22.0 Å². The van der Waals surface area contributed by atoms with Crippen molar-refractivity contribution in [3.05, 3.63) is 199 Å². The number of nitrogens with one attached hydrogen (secondary N) is 4. The minimum Gasteiger partial charge on any atom is -0.468 e. The van der Waals surface area contributed by atoms with Crippen LogP contribution in [0.3, 0.4) is 0 Å². The molecule has 70 heavy (non-hydrogen) atoms. The maximum absolute atomic E-state index is 13.5. The third-order valence-electron chi connectivity index (χ3n) is 12.0. The first-order valence-electron chi connectivity index (χ1n) is 22.9. The number of esters is 1. The molecule has 2 heterocycles. The number of fused-ring (bicyclic) bond motifs is 1. The SMILES string of the molecule is CCCCNS(=O)(=O)c1ccc(-c2ccc(S(=O)(=O)NC(CNC(=O)c3ccc4c(cnn4CCCNc4nccn4C(c4ccccc4)(c4ccccc4)c4ccccc4)c3)C(=O)OC)cc2)cc1. The Labute approximate surface area is 408 Å². The lowest BCUT2D eigenvalue weighted by molar-refractivity contribution is -0.142. The Balaban J connectivity index is 0.889. The number of nitrogens with zero attached hydrogens (tertiary/aromatic N) is 4. The van der Waals surface area contributed by atoms with Gasteiger partial charge in [-0.3, -0.25) is 18.8 Å². The highest BCUT2D eigenvalue weighted by Crippen LogP contribution is 2.42. The predicted octanol–water partition coefficient (Wildman–Crippen LogP) is 7.57. The number of ether oxygens (including phenoxy) is 1. The lowest BCUT2D eigenvalue weighted by Gasteiger charge is -2.38. The first-order chi connectivity index (χ1) is 33.9. The third-order valence-corrected chi connectivity index (χ3v) is 15.0. The molecule has 4 N–H and O–H groups in total. The van der Waals surface area contributed by atoms with Crippen LogP contribution in [0, 0.1) is 0 Å². The molecule has 1 unspecified atom stereocenters. The number of anilines is 1. The predicted molar refractivity (Wildman–Crippen MR) is 270 cm³/mol. The Bertz CT molecular complexity index is 3160. The highest BCUT2D eigenvalue weighted by Gasteiger charge is 2.39. The molecule has 0 bridgehead atoms. The molecule has 2 aromatic heterocycles. The molecule has 8 aromatic rings. The van der Waals surface area contributed by atoms with Crippen LogP contribution in [-0.2, 0) is 41.7 Å². The molecular weight excluding hydrogens is 925 g/mol. The molecule has 0 saturated heterocycles. The standard InChI is InChI=1S/C53H54N8O7S2/c1-3-4-32-58-69(64,65)46-26-21-39(22-27-46)40-23-28-47(29-24-40)70(66,67)59-48(51(63)68-2)38-56-50(62)41-25-30-49-42(36-41)37-57-61(49)34-14-31-54-52-55-33-35-60(52)53(43-15-8-5-9-16-43,44-17-10-6-11-18-44)45-19-12-7-13-20-45/h5-13,15-30,33,35-37,48,58-59H,3-4,14,31-32,34,38H2,1-2H3,(H,54,55)(H,56,62). The minimum absolute atomic E-state index is 0.125. The number of carbonyl (C=O) groups is 2. The molecule has 1 amide bonds. The van der Waals surface area contributed by atoms with Gasteiger partial charge in [0.25, 0.3) is 5.91 Å². The number of imidazole rings is 1. The highest BCUT2D eigenvalue weighted by molar-refractivity contribution is 7.89. The number of unbranched alkanes of at least 4 members (excludes halogenated alkanes) is 1. The van der Waals surface area contributed by atoms with E-state index in [1.807, 2.05) is 42.2 Å². The molecule has 0 aliphatic carbocycles. The molecule has 0 aliphatic heterocycles. The van der Waals surface area contributed by atoms with Crippen molar-refractivity contribution in [3.8, 4) is 11.1 Å². The van der Waals surface area contributed by atoms with Gasteiger partial charge in [-0.05, 0) is 83.1 Å². The number of carbonyl (C=O) groups excluding carboxylic acids is 2. The van der Waals surface area contributed by atoms with E-state index in [1.165, 1.54) is 24.3 Å². The molecular formula is C53H54N8O7S2. The van der Waals surface area contributed by atoms with Gasteiger partial charge in [0.2, 0.25) is 26.0 Å². The van der Waals surface area contributed by atoms with Crippen LogP contribution in [0.2, 0.25) is 0 Å². The van der Waals surface area contributed by atoms with Gasteiger partial charge in [-0.25, -0.2) is 26.5 Å². The van der Waals surface area contributed by atoms with Crippen LogP contribution in [0.1, 0.15) is 53.2 Å². The Hall–Kier alpha value is -7.44. The van der Waals surface area contributed by atoms with Crippen LogP contribution in [0.15, 0.2) is 186 Å². The van der Waals surface area contributed by atoms with E-state index in [9.17, 15) is 26.4 Å². The van der Waals surface area contributed by atoms with Crippen molar-refractivity contribution >= 4 is 48.8 Å². The summed E-state index contributed by atoms with van der Waals surface area (Å²) in [4.78, 5) is 31.0. The molecule has 1 atom stereocenters. The summed E-state index contributed by atoms with van der Waals surface area (Å²) in [5, 5.41) is 11.6. The van der Waals surface area contributed by atoms with E-state index in [4.69, 9.17) is 9.72 Å². The van der Waals surface area contributed by atoms with E-state index in [0.29, 0.717) is 48.7 Å². The van der Waals surface area contributed by atoms with Crippen molar-refractivity contribution in [1.29, 1.82) is 0 Å². The largest absolute Gasteiger partial charge is 0.468 e. The summed E-state index contributed by atoms with van der Waals surface area (Å²) in [5.41, 5.74) is 4.98. The van der Waals surface area contributed by atoms with E-state index in [1.54, 1.807) is 48.7 Å². The summed E-state index contributed by atoms with van der Waals surface area (Å²) in [6.45, 7) is 3.09. The number of rotatable bonds is 22. The van der Waals surface area contributed by atoms with Gasteiger partial charge < -0.3 is 15.4 Å². The van der Waals surface area contributed by atoms with Gasteiger partial charge in [0.1, 0.15) is 11.6 Å². The maximum Gasteiger partial charge on any atom is 0.325 e. The van der Waals surface area contributed by atoms with Crippen LogP contribution in [0.5, 0.6) is 0 Å². The normalized spacial score (nSPS) is 12.4. The first kappa shape index (κ1) is 49.0. The van der Waals surface area contributed by atoms with Crippen molar-refractivity contribution in [2.24, 2.45) is 0 Å². The van der Waals surface area contributed by atoms with Crippen molar-refractivity contribution in [2.45, 2.75) is 54.1 Å². The number of hydrogen-bond acceptors (Lipinski definition) is 10. The average molecular weight is 979 g/mol. The van der Waals surface area contributed by atoms with Gasteiger partial charge in [-0.2, -0.15) is 9.82 Å². The van der Waals surface area contributed by atoms with E-state index < -0.39 is 50.0 Å². The van der Waals surface area contributed by atoms with Gasteiger partial charge in [0.05, 0.1) is 28.6 Å². The number of benzene rings is 6. The minimum atomic E-state index is -4.27. The molecule has 8 rings (SSSR count). The van der Waals surface area contributed by atoms with Gasteiger partial charge in [0.15, 0.2) is 0 Å². The number of amides is 1. The average Bonchev–Trinajstić information content (AvgIpc) is 4.04. The van der Waals surface area contributed by atoms with Crippen molar-refractivity contribution < 1.29 is 31.2 Å². The zero-order chi connectivity index (χ0) is 49.1. The van der Waals surface area contributed by atoms with Crippen LogP contribution >= 0.6 is 0 Å². The van der Waals surface area contributed by atoms with Crippen LogP contribution in [-0.4, -0.2) is 80.8 Å². The number of sulfonamides is 2. The molecule has 0 aliphatic rings. The molecule has 360 valence electrons. The van der Waals surface area contributed by atoms with Gasteiger partial charge in [0, 0.05) is 49.5 Å². The van der Waals surface area contributed by atoms with Crippen molar-refractivity contribution in [1.82, 2.24) is 34.1 Å². The molecule has 15 nitrogen and oxygen atoms in total.